The predicted molar refractivity (Wildman–Crippen MR) is 132 cm³/mol. The van der Waals surface area contributed by atoms with Crippen LogP contribution < -0.4 is 4.74 Å². The van der Waals surface area contributed by atoms with Crippen LogP contribution in [-0.4, -0.2) is 55.0 Å². The van der Waals surface area contributed by atoms with Crippen LogP contribution in [0.25, 0.3) is 5.65 Å². The number of amides is 1. The Balaban J connectivity index is 1.10. The maximum atomic E-state index is 14.3. The summed E-state index contributed by atoms with van der Waals surface area (Å²) >= 11 is 6.04. The van der Waals surface area contributed by atoms with Gasteiger partial charge in [0.15, 0.2) is 5.65 Å². The number of benzene rings is 1. The summed E-state index contributed by atoms with van der Waals surface area (Å²) in [5.74, 6) is 1.27. The van der Waals surface area contributed by atoms with Gasteiger partial charge in [-0.2, -0.15) is 5.10 Å². The highest BCUT2D eigenvalue weighted by atomic mass is 35.5. The Bertz CT molecular complexity index is 1360. The molecule has 0 unspecified atom stereocenters. The minimum atomic E-state index is -0.396. The van der Waals surface area contributed by atoms with Crippen LogP contribution in [0.3, 0.4) is 0 Å². The van der Waals surface area contributed by atoms with Crippen LogP contribution in [0.4, 0.5) is 4.39 Å². The molecule has 7 nitrogen and oxygen atoms in total. The minimum absolute atomic E-state index is 0.0114. The van der Waals surface area contributed by atoms with E-state index in [1.54, 1.807) is 27.9 Å². The summed E-state index contributed by atoms with van der Waals surface area (Å²) in [6.07, 6.45) is 9.04. The quantitative estimate of drug-likeness (QED) is 0.498. The van der Waals surface area contributed by atoms with Gasteiger partial charge in [0, 0.05) is 42.9 Å². The molecule has 0 spiro atoms. The normalized spacial score (nSPS) is 27.6. The molecule has 5 heterocycles. The van der Waals surface area contributed by atoms with E-state index in [1.807, 2.05) is 0 Å². The first-order valence-electron chi connectivity index (χ1n) is 13.0. The topological polar surface area (TPSA) is 63.0 Å². The van der Waals surface area contributed by atoms with Crippen molar-refractivity contribution in [3.8, 4) is 5.75 Å². The summed E-state index contributed by atoms with van der Waals surface area (Å²) in [6.45, 7) is 4.31. The van der Waals surface area contributed by atoms with Crippen molar-refractivity contribution in [2.45, 2.75) is 70.3 Å². The number of carbonyl (C=O) groups is 1. The molecule has 36 heavy (non-hydrogen) atoms. The zero-order valence-electron chi connectivity index (χ0n) is 20.2. The number of ether oxygens (including phenoxy) is 1. The van der Waals surface area contributed by atoms with Crippen LogP contribution in [0.5, 0.6) is 5.75 Å². The lowest BCUT2D eigenvalue weighted by Crippen LogP contribution is -2.48. The van der Waals surface area contributed by atoms with Gasteiger partial charge >= 0.3 is 0 Å². The van der Waals surface area contributed by atoms with Crippen molar-refractivity contribution in [2.24, 2.45) is 11.8 Å². The highest BCUT2D eigenvalue weighted by molar-refractivity contribution is 6.30. The van der Waals surface area contributed by atoms with Gasteiger partial charge in [0.25, 0.3) is 5.91 Å². The van der Waals surface area contributed by atoms with Crippen LogP contribution in [0.1, 0.15) is 60.6 Å². The Morgan fingerprint density at radius 2 is 2.08 bits per heavy atom. The number of carbonyl (C=O) groups excluding carboxylic acids is 1. The summed E-state index contributed by atoms with van der Waals surface area (Å²) in [5, 5.41) is 5.06. The van der Waals surface area contributed by atoms with Crippen molar-refractivity contribution in [1.82, 2.24) is 24.4 Å². The zero-order chi connectivity index (χ0) is 24.6. The summed E-state index contributed by atoms with van der Waals surface area (Å²) < 4.78 is 22.4. The molecule has 4 atom stereocenters. The van der Waals surface area contributed by atoms with Gasteiger partial charge < -0.3 is 9.64 Å². The van der Waals surface area contributed by atoms with E-state index in [1.165, 1.54) is 37.9 Å². The fourth-order valence-corrected chi connectivity index (χ4v) is 6.69. The summed E-state index contributed by atoms with van der Waals surface area (Å²) in [7, 11) is 0. The molecule has 4 aliphatic rings. The minimum Gasteiger partial charge on any atom is -0.489 e. The number of hydrogen-bond donors (Lipinski definition) is 0. The number of fused-ring (bicyclic) bond motifs is 5. The standard InChI is InChI=1S/C27H29ClFN5O2/c1-15-6-19-8-20(9-24(15)33(19)11-16-2-3-16)36-25-7-18(29)4-5-21(25)27(35)32-13-22-23(14-32)31-34-12-17(28)10-30-26(22)34/h4-5,7,10,12,15-16,19-20,24H,2-3,6,8-9,11,13-14H2,1H3/t15-,19+,20-,24+/m1/s1. The molecule has 2 aromatic heterocycles. The number of rotatable bonds is 5. The smallest absolute Gasteiger partial charge is 0.258 e. The van der Waals surface area contributed by atoms with E-state index in [0.717, 1.165) is 30.0 Å². The lowest BCUT2D eigenvalue weighted by Gasteiger charge is -2.39. The Morgan fingerprint density at radius 1 is 1.22 bits per heavy atom. The SMILES string of the molecule is C[C@@H]1C[C@H]2C[C@@H](Oc3cc(F)ccc3C(=O)N3Cc4nn5cc(Cl)cnc5c4C3)C[C@@H]1N2CC1CC1. The maximum Gasteiger partial charge on any atom is 0.258 e. The van der Waals surface area contributed by atoms with Gasteiger partial charge in [0.2, 0.25) is 0 Å². The molecule has 188 valence electrons. The van der Waals surface area contributed by atoms with E-state index in [0.29, 0.717) is 53.1 Å². The summed E-state index contributed by atoms with van der Waals surface area (Å²) in [4.78, 5) is 22.4. The molecule has 3 aromatic rings. The van der Waals surface area contributed by atoms with Gasteiger partial charge in [-0.1, -0.05) is 18.5 Å². The van der Waals surface area contributed by atoms with Gasteiger partial charge in [-0.15, -0.1) is 0 Å². The molecule has 1 amide bonds. The predicted octanol–water partition coefficient (Wildman–Crippen LogP) is 4.71. The molecule has 3 fully saturated rings. The largest absolute Gasteiger partial charge is 0.489 e. The Labute approximate surface area is 214 Å². The molecule has 3 aliphatic heterocycles. The lowest BCUT2D eigenvalue weighted by molar-refractivity contribution is 0.0398. The van der Waals surface area contributed by atoms with Crippen LogP contribution >= 0.6 is 11.6 Å². The molecule has 1 aliphatic carbocycles. The lowest BCUT2D eigenvalue weighted by atomic mass is 9.96. The second kappa shape index (κ2) is 8.42. The summed E-state index contributed by atoms with van der Waals surface area (Å²) in [6, 6.07) is 5.27. The van der Waals surface area contributed by atoms with Gasteiger partial charge in [0.05, 0.1) is 35.6 Å². The van der Waals surface area contributed by atoms with Gasteiger partial charge in [-0.25, -0.2) is 13.9 Å². The monoisotopic (exact) mass is 509 g/mol. The van der Waals surface area contributed by atoms with E-state index in [2.05, 4.69) is 21.9 Å². The van der Waals surface area contributed by atoms with Crippen molar-refractivity contribution in [3.63, 3.8) is 0 Å². The summed E-state index contributed by atoms with van der Waals surface area (Å²) in [5.41, 5.74) is 2.81. The number of nitrogens with zero attached hydrogens (tertiary/aromatic N) is 5. The Hall–Kier alpha value is -2.71. The second-order valence-electron chi connectivity index (χ2n) is 11.1. The molecule has 2 saturated heterocycles. The van der Waals surface area contributed by atoms with E-state index in [-0.39, 0.29) is 12.0 Å². The first kappa shape index (κ1) is 22.5. The highest BCUT2D eigenvalue weighted by Crippen LogP contribution is 2.44. The number of aromatic nitrogens is 3. The first-order chi connectivity index (χ1) is 17.4. The van der Waals surface area contributed by atoms with E-state index >= 15 is 0 Å². The number of piperidine rings is 1. The number of halogens is 2. The molecule has 7 rings (SSSR count). The third-order valence-electron chi connectivity index (χ3n) is 8.47. The van der Waals surface area contributed by atoms with Crippen molar-refractivity contribution in [2.75, 3.05) is 6.54 Å². The third-order valence-corrected chi connectivity index (χ3v) is 8.66. The molecule has 0 N–H and O–H groups in total. The third kappa shape index (κ3) is 3.86. The first-order valence-corrected chi connectivity index (χ1v) is 13.3. The van der Waals surface area contributed by atoms with E-state index in [4.69, 9.17) is 16.3 Å². The van der Waals surface area contributed by atoms with Crippen molar-refractivity contribution < 1.29 is 13.9 Å². The van der Waals surface area contributed by atoms with Crippen LogP contribution in [0, 0.1) is 17.7 Å². The van der Waals surface area contributed by atoms with Crippen molar-refractivity contribution >= 4 is 23.2 Å². The molecule has 9 heteroatoms. The van der Waals surface area contributed by atoms with Gasteiger partial charge in [-0.05, 0) is 49.7 Å². The molecule has 1 saturated carbocycles. The van der Waals surface area contributed by atoms with Crippen molar-refractivity contribution in [1.29, 1.82) is 0 Å². The molecular weight excluding hydrogens is 481 g/mol. The van der Waals surface area contributed by atoms with Gasteiger partial charge in [0.1, 0.15) is 17.7 Å². The fourth-order valence-electron chi connectivity index (χ4n) is 6.55. The van der Waals surface area contributed by atoms with Crippen molar-refractivity contribution in [3.05, 3.63) is 58.3 Å². The molecule has 2 bridgehead atoms. The Kier molecular flexibility index (Phi) is 5.26. The Morgan fingerprint density at radius 3 is 2.89 bits per heavy atom. The number of hydrogen-bond acceptors (Lipinski definition) is 5. The molecule has 1 aromatic carbocycles. The van der Waals surface area contributed by atoms with Crippen LogP contribution in [0.2, 0.25) is 5.02 Å². The maximum absolute atomic E-state index is 14.3. The van der Waals surface area contributed by atoms with Crippen LogP contribution in [-0.2, 0) is 13.1 Å². The average Bonchev–Trinajstić information content (AvgIpc) is 3.42. The highest BCUT2D eigenvalue weighted by Gasteiger charge is 2.47. The molecular formula is C27H29ClFN5O2. The molecule has 0 radical (unpaired) electrons. The zero-order valence-corrected chi connectivity index (χ0v) is 21.0. The second-order valence-corrected chi connectivity index (χ2v) is 11.5. The fraction of sp³-hybridized carbons (Fsp3) is 0.519. The average molecular weight is 510 g/mol. The van der Waals surface area contributed by atoms with E-state index < -0.39 is 5.82 Å². The van der Waals surface area contributed by atoms with Crippen LogP contribution in [0.15, 0.2) is 30.6 Å². The van der Waals surface area contributed by atoms with E-state index in [9.17, 15) is 9.18 Å². The van der Waals surface area contributed by atoms with Gasteiger partial charge in [-0.3, -0.25) is 9.69 Å².